The Kier molecular flexibility index (Phi) is 8.74. The van der Waals surface area contributed by atoms with Crippen molar-refractivity contribution in [3.8, 4) is 5.75 Å². The van der Waals surface area contributed by atoms with Crippen molar-refractivity contribution in [2.45, 2.75) is 70.4 Å². The van der Waals surface area contributed by atoms with Gasteiger partial charge in [0, 0.05) is 24.5 Å². The molecule has 3 aliphatic rings. The zero-order valence-corrected chi connectivity index (χ0v) is 23.5. The number of hydrogen-bond donors (Lipinski definition) is 3. The van der Waals surface area contributed by atoms with Crippen molar-refractivity contribution in [1.82, 2.24) is 4.90 Å². The first kappa shape index (κ1) is 28.5. The van der Waals surface area contributed by atoms with Gasteiger partial charge in [-0.05, 0) is 67.2 Å². The molecule has 2 amide bonds. The van der Waals surface area contributed by atoms with E-state index in [0.29, 0.717) is 24.8 Å². The minimum Gasteiger partial charge on any atom is -0.507 e. The zero-order chi connectivity index (χ0) is 28.4. The Labute approximate surface area is 236 Å². The minimum absolute atomic E-state index is 0.0540. The number of amides is 2. The van der Waals surface area contributed by atoms with Gasteiger partial charge in [0.15, 0.2) is 0 Å². The third-order valence-corrected chi connectivity index (χ3v) is 9.18. The van der Waals surface area contributed by atoms with Crippen molar-refractivity contribution in [2.24, 2.45) is 17.8 Å². The van der Waals surface area contributed by atoms with Gasteiger partial charge in [-0.25, -0.2) is 0 Å². The monoisotopic (exact) mass is 547 g/mol. The molecule has 3 N–H and O–H groups in total. The van der Waals surface area contributed by atoms with Crippen LogP contribution in [0.25, 0.3) is 16.8 Å². The van der Waals surface area contributed by atoms with E-state index in [4.69, 9.17) is 4.74 Å². The molecule has 0 unspecified atom stereocenters. The molecule has 2 aromatic carbocycles. The van der Waals surface area contributed by atoms with E-state index in [0.717, 1.165) is 59.6 Å². The minimum atomic E-state index is -0.866. The third-order valence-electron chi connectivity index (χ3n) is 9.18. The average Bonchev–Trinajstić information content (AvgIpc) is 3.22. The maximum Gasteiger partial charge on any atom is 0.234 e. The number of phenols is 1. The number of benzene rings is 2. The summed E-state index contributed by atoms with van der Waals surface area (Å²) in [5.41, 5.74) is 3.55. The van der Waals surface area contributed by atoms with E-state index in [1.807, 2.05) is 37.3 Å². The van der Waals surface area contributed by atoms with E-state index in [9.17, 15) is 24.9 Å². The van der Waals surface area contributed by atoms with E-state index < -0.39 is 23.9 Å². The number of ether oxygens (including phenoxy) is 1. The fraction of sp³-hybridized carbons (Fsp3) is 0.515. The molecule has 7 nitrogen and oxygen atoms in total. The quantitative estimate of drug-likeness (QED) is 0.302. The van der Waals surface area contributed by atoms with Gasteiger partial charge >= 0.3 is 0 Å². The van der Waals surface area contributed by atoms with Crippen molar-refractivity contribution in [3.63, 3.8) is 0 Å². The number of methoxy groups -OCH3 is 1. The highest BCUT2D eigenvalue weighted by Crippen LogP contribution is 2.47. The van der Waals surface area contributed by atoms with Crippen LogP contribution in [-0.2, 0) is 14.3 Å². The van der Waals surface area contributed by atoms with Gasteiger partial charge in [-0.1, -0.05) is 61.2 Å². The first-order chi connectivity index (χ1) is 19.3. The van der Waals surface area contributed by atoms with Crippen molar-refractivity contribution in [3.05, 3.63) is 58.7 Å². The molecule has 1 heterocycles. The normalized spacial score (nSPS) is 25.1. The van der Waals surface area contributed by atoms with E-state index in [2.05, 4.69) is 6.08 Å². The highest BCUT2D eigenvalue weighted by atomic mass is 16.5. The Morgan fingerprint density at radius 1 is 1.07 bits per heavy atom. The fourth-order valence-electron chi connectivity index (χ4n) is 7.28. The molecule has 1 saturated heterocycles. The molecule has 1 aliphatic heterocycles. The summed E-state index contributed by atoms with van der Waals surface area (Å²) in [6.45, 7) is 1.97. The van der Waals surface area contributed by atoms with Crippen LogP contribution in [0.5, 0.6) is 5.75 Å². The van der Waals surface area contributed by atoms with Crippen LogP contribution in [0.3, 0.4) is 0 Å². The standard InChI is InChI=1S/C33H41NO6/c1-20(16-21-13-15-28(36)25-11-7-6-10-24(21)25)12-14-29(37)30-22(19-40-2)17-26-31(27(30)18-35)33(39)34(32(26)38)23-8-4-3-5-9-23/h6-7,10-11,13,15-16,23,26-27,29,31,35-37H,3-5,8-9,12,14,17-19H2,1-2H3/b20-16+/t26-,27+,29-,31-/m1/s1. The predicted molar refractivity (Wildman–Crippen MR) is 154 cm³/mol. The first-order valence-electron chi connectivity index (χ1n) is 14.6. The van der Waals surface area contributed by atoms with Crippen LogP contribution in [-0.4, -0.2) is 64.5 Å². The van der Waals surface area contributed by atoms with Crippen LogP contribution < -0.4 is 0 Å². The van der Waals surface area contributed by atoms with Crippen LogP contribution in [0.15, 0.2) is 53.1 Å². The molecule has 2 fully saturated rings. The average molecular weight is 548 g/mol. The number of nitrogens with zero attached hydrogens (tertiary/aromatic N) is 1. The van der Waals surface area contributed by atoms with E-state index >= 15 is 0 Å². The molecular formula is C33H41NO6. The number of rotatable bonds is 9. The van der Waals surface area contributed by atoms with Crippen LogP contribution in [0, 0.1) is 17.8 Å². The molecule has 2 aromatic rings. The Hall–Kier alpha value is -3.00. The van der Waals surface area contributed by atoms with Gasteiger partial charge in [-0.2, -0.15) is 0 Å². The lowest BCUT2D eigenvalue weighted by Gasteiger charge is -2.36. The number of aliphatic hydroxyl groups is 2. The second-order valence-electron chi connectivity index (χ2n) is 11.7. The summed E-state index contributed by atoms with van der Waals surface area (Å²) in [4.78, 5) is 28.7. The fourth-order valence-corrected chi connectivity index (χ4v) is 7.28. The van der Waals surface area contributed by atoms with Gasteiger partial charge in [0.2, 0.25) is 11.8 Å². The SMILES string of the molecule is COCC1=C([C@H](O)CC/C(C)=C/c2ccc(O)c3ccccc23)[C@H](CO)[C@@H]2C(=O)N(C3CCCCC3)C(=O)[C@@H]2C1. The molecule has 40 heavy (non-hydrogen) atoms. The molecule has 5 rings (SSSR count). The zero-order valence-electron chi connectivity index (χ0n) is 23.5. The van der Waals surface area contributed by atoms with E-state index in [-0.39, 0.29) is 36.8 Å². The lowest BCUT2D eigenvalue weighted by molar-refractivity contribution is -0.143. The summed E-state index contributed by atoms with van der Waals surface area (Å²) >= 11 is 0. The van der Waals surface area contributed by atoms with E-state index in [1.165, 1.54) is 4.90 Å². The lowest BCUT2D eigenvalue weighted by atomic mass is 9.68. The molecule has 0 radical (unpaired) electrons. The number of aliphatic hydroxyl groups excluding tert-OH is 2. The van der Waals surface area contributed by atoms with Crippen LogP contribution in [0.1, 0.15) is 63.9 Å². The highest BCUT2D eigenvalue weighted by Gasteiger charge is 2.56. The third kappa shape index (κ3) is 5.35. The number of carbonyl (C=O) groups excluding carboxylic acids is 2. The van der Waals surface area contributed by atoms with Gasteiger partial charge < -0.3 is 20.1 Å². The molecule has 0 aromatic heterocycles. The molecule has 2 aliphatic carbocycles. The Balaban J connectivity index is 1.37. The van der Waals surface area contributed by atoms with Crippen LogP contribution >= 0.6 is 0 Å². The highest BCUT2D eigenvalue weighted by molar-refractivity contribution is 6.06. The molecular weight excluding hydrogens is 506 g/mol. The van der Waals surface area contributed by atoms with E-state index in [1.54, 1.807) is 13.2 Å². The van der Waals surface area contributed by atoms with Crippen molar-refractivity contribution < 1.29 is 29.6 Å². The van der Waals surface area contributed by atoms with Gasteiger partial charge in [-0.3, -0.25) is 14.5 Å². The second kappa shape index (κ2) is 12.2. The van der Waals surface area contributed by atoms with Crippen LogP contribution in [0.4, 0.5) is 0 Å². The molecule has 7 heteroatoms. The molecule has 4 atom stereocenters. The number of imide groups is 1. The van der Waals surface area contributed by atoms with Crippen LogP contribution in [0.2, 0.25) is 0 Å². The summed E-state index contributed by atoms with van der Waals surface area (Å²) in [5.74, 6) is -1.80. The maximum absolute atomic E-state index is 13.7. The summed E-state index contributed by atoms with van der Waals surface area (Å²) in [6.07, 6.45) is 7.46. The first-order valence-corrected chi connectivity index (χ1v) is 14.6. The largest absolute Gasteiger partial charge is 0.507 e. The number of fused-ring (bicyclic) bond motifs is 2. The van der Waals surface area contributed by atoms with Gasteiger partial charge in [0.25, 0.3) is 0 Å². The second-order valence-corrected chi connectivity index (χ2v) is 11.7. The van der Waals surface area contributed by atoms with Gasteiger partial charge in [-0.15, -0.1) is 0 Å². The Bertz CT molecular complexity index is 1320. The number of likely N-dealkylation sites (tertiary alicyclic amines) is 1. The molecule has 0 spiro atoms. The van der Waals surface area contributed by atoms with Crippen molar-refractivity contribution in [2.75, 3.05) is 20.3 Å². The topological polar surface area (TPSA) is 107 Å². The predicted octanol–water partition coefficient (Wildman–Crippen LogP) is 4.98. The Morgan fingerprint density at radius 2 is 1.80 bits per heavy atom. The maximum atomic E-state index is 13.7. The summed E-state index contributed by atoms with van der Waals surface area (Å²) in [6, 6.07) is 11.2. The van der Waals surface area contributed by atoms with Gasteiger partial charge in [0.05, 0.1) is 31.2 Å². The molecule has 214 valence electrons. The summed E-state index contributed by atoms with van der Waals surface area (Å²) in [7, 11) is 1.59. The summed E-state index contributed by atoms with van der Waals surface area (Å²) in [5, 5.41) is 34.0. The number of carbonyl (C=O) groups is 2. The molecule has 1 saturated carbocycles. The lowest BCUT2D eigenvalue weighted by Crippen LogP contribution is -2.42. The van der Waals surface area contributed by atoms with Crippen molar-refractivity contribution in [1.29, 1.82) is 0 Å². The molecule has 0 bridgehead atoms. The number of allylic oxidation sites excluding steroid dienone is 1. The number of aromatic hydroxyl groups is 1. The smallest absolute Gasteiger partial charge is 0.234 e. The Morgan fingerprint density at radius 3 is 2.50 bits per heavy atom. The number of phenolic OH excluding ortho intramolecular Hbond substituents is 1. The van der Waals surface area contributed by atoms with Gasteiger partial charge in [0.1, 0.15) is 5.75 Å². The number of hydrogen-bond acceptors (Lipinski definition) is 6. The summed E-state index contributed by atoms with van der Waals surface area (Å²) < 4.78 is 5.47. The van der Waals surface area contributed by atoms with Crippen molar-refractivity contribution >= 4 is 28.7 Å².